The second-order valence-corrected chi connectivity index (χ2v) is 7.14. The maximum atomic E-state index is 12.3. The first-order valence-electron chi connectivity index (χ1n) is 9.56. The molecule has 1 saturated heterocycles. The lowest BCUT2D eigenvalue weighted by molar-refractivity contribution is -0.133. The van der Waals surface area contributed by atoms with Gasteiger partial charge in [-0.15, -0.1) is 0 Å². The molecule has 1 aliphatic heterocycles. The van der Waals surface area contributed by atoms with E-state index in [-0.39, 0.29) is 17.6 Å². The summed E-state index contributed by atoms with van der Waals surface area (Å²) in [7, 11) is 0. The fraction of sp³-hybridized carbons (Fsp3) is 0.550. The van der Waals surface area contributed by atoms with E-state index in [1.807, 2.05) is 35.2 Å². The van der Waals surface area contributed by atoms with Crippen molar-refractivity contribution in [2.75, 3.05) is 43.8 Å². The average Bonchev–Trinajstić information content (AvgIpc) is 2.68. The maximum absolute atomic E-state index is 12.3. The molecule has 148 valence electrons. The third-order valence-corrected chi connectivity index (χ3v) is 5.03. The van der Waals surface area contributed by atoms with E-state index in [1.165, 1.54) is 0 Å². The van der Waals surface area contributed by atoms with Gasteiger partial charge in [-0.25, -0.2) is 0 Å². The van der Waals surface area contributed by atoms with Gasteiger partial charge in [-0.2, -0.15) is 12.6 Å². The summed E-state index contributed by atoms with van der Waals surface area (Å²) in [6, 6.07) is 9.41. The Morgan fingerprint density at radius 1 is 0.926 bits per heavy atom. The zero-order valence-electron chi connectivity index (χ0n) is 15.7. The van der Waals surface area contributed by atoms with Crippen molar-refractivity contribution < 1.29 is 14.4 Å². The number of piperazine rings is 1. The third-order valence-electron chi connectivity index (χ3n) is 4.67. The van der Waals surface area contributed by atoms with E-state index in [2.05, 4.69) is 22.8 Å². The molecule has 0 saturated carbocycles. The summed E-state index contributed by atoms with van der Waals surface area (Å²) >= 11 is 3.96. The summed E-state index contributed by atoms with van der Waals surface area (Å²) in [5, 5.41) is 2.89. The van der Waals surface area contributed by atoms with Crippen LogP contribution in [0, 0.1) is 0 Å². The zero-order chi connectivity index (χ0) is 19.5. The molecule has 7 heteroatoms. The van der Waals surface area contributed by atoms with Crippen molar-refractivity contribution in [2.45, 2.75) is 32.1 Å². The van der Waals surface area contributed by atoms with Crippen LogP contribution in [-0.4, -0.2) is 65.9 Å². The highest BCUT2D eigenvalue weighted by atomic mass is 32.1. The van der Waals surface area contributed by atoms with Gasteiger partial charge in [0.25, 0.3) is 0 Å². The van der Waals surface area contributed by atoms with Crippen molar-refractivity contribution in [3.8, 4) is 0 Å². The van der Waals surface area contributed by atoms with Gasteiger partial charge in [0.15, 0.2) is 0 Å². The summed E-state index contributed by atoms with van der Waals surface area (Å²) in [6.07, 6.45) is 3.63. The molecule has 1 aromatic carbocycles. The van der Waals surface area contributed by atoms with Crippen LogP contribution in [0.3, 0.4) is 0 Å². The molecule has 0 atom stereocenters. The first-order chi connectivity index (χ1) is 13.1. The number of thiol groups is 1. The molecule has 1 aliphatic rings. The number of ketones is 1. The maximum Gasteiger partial charge on any atom is 0.238 e. The second kappa shape index (κ2) is 11.8. The minimum atomic E-state index is -0.0308. The van der Waals surface area contributed by atoms with Gasteiger partial charge < -0.3 is 10.2 Å². The highest BCUT2D eigenvalue weighted by Crippen LogP contribution is 2.10. The normalized spacial score (nSPS) is 14.8. The highest BCUT2D eigenvalue weighted by molar-refractivity contribution is 7.81. The molecule has 0 aromatic heterocycles. The third kappa shape index (κ3) is 8.13. The summed E-state index contributed by atoms with van der Waals surface area (Å²) in [6.45, 7) is 3.09. The van der Waals surface area contributed by atoms with Gasteiger partial charge in [0.2, 0.25) is 11.8 Å². The van der Waals surface area contributed by atoms with Gasteiger partial charge in [0, 0.05) is 50.5 Å². The first-order valence-corrected chi connectivity index (χ1v) is 10.2. The van der Waals surface area contributed by atoms with Crippen molar-refractivity contribution in [3.63, 3.8) is 0 Å². The number of nitrogens with one attached hydrogen (secondary N) is 1. The number of nitrogens with zero attached hydrogens (tertiary/aromatic N) is 2. The Balaban J connectivity index is 1.59. The Kier molecular flexibility index (Phi) is 9.35. The predicted molar refractivity (Wildman–Crippen MR) is 110 cm³/mol. The number of Topliss-reactive ketones (excluding diaryl/α,β-unsaturated/α-hetero) is 1. The Morgan fingerprint density at radius 2 is 1.59 bits per heavy atom. The van der Waals surface area contributed by atoms with Crippen LogP contribution < -0.4 is 5.32 Å². The predicted octanol–water partition coefficient (Wildman–Crippen LogP) is 2.22. The molecule has 6 nitrogen and oxygen atoms in total. The quantitative estimate of drug-likeness (QED) is 0.474. The molecule has 27 heavy (non-hydrogen) atoms. The first kappa shape index (κ1) is 21.4. The van der Waals surface area contributed by atoms with E-state index in [0.717, 1.165) is 24.9 Å². The van der Waals surface area contributed by atoms with Gasteiger partial charge >= 0.3 is 0 Å². The minimum absolute atomic E-state index is 0.0308. The standard InChI is InChI=1S/C20H29N3O3S/c24-18(16-27)9-5-2-6-10-20(26)23-13-11-22(12-14-23)15-19(25)21-17-7-3-1-4-8-17/h1,3-4,7-8,27H,2,5-6,9-16H2,(H,21,25). The lowest BCUT2D eigenvalue weighted by atomic mass is 10.1. The van der Waals surface area contributed by atoms with E-state index < -0.39 is 0 Å². The average molecular weight is 392 g/mol. The summed E-state index contributed by atoms with van der Waals surface area (Å²) in [5.74, 6) is 0.602. The van der Waals surface area contributed by atoms with Crippen molar-refractivity contribution in [1.29, 1.82) is 0 Å². The number of hydrogen-bond acceptors (Lipinski definition) is 5. The number of rotatable bonds is 10. The fourth-order valence-corrected chi connectivity index (χ4v) is 3.25. The van der Waals surface area contributed by atoms with Crippen molar-refractivity contribution >= 4 is 35.9 Å². The molecular weight excluding hydrogens is 362 g/mol. The number of carbonyl (C=O) groups excluding carboxylic acids is 3. The molecule has 1 N–H and O–H groups in total. The van der Waals surface area contributed by atoms with Crippen molar-refractivity contribution in [3.05, 3.63) is 30.3 Å². The molecule has 1 fully saturated rings. The molecule has 0 spiro atoms. The number of benzene rings is 1. The van der Waals surface area contributed by atoms with Crippen LogP contribution in [0.4, 0.5) is 5.69 Å². The second-order valence-electron chi connectivity index (χ2n) is 6.83. The van der Waals surface area contributed by atoms with Crippen LogP contribution in [-0.2, 0) is 14.4 Å². The fourth-order valence-electron chi connectivity index (χ4n) is 3.09. The largest absolute Gasteiger partial charge is 0.340 e. The lowest BCUT2D eigenvalue weighted by Crippen LogP contribution is -2.50. The van der Waals surface area contributed by atoms with Crippen LogP contribution in [0.15, 0.2) is 30.3 Å². The highest BCUT2D eigenvalue weighted by Gasteiger charge is 2.22. The van der Waals surface area contributed by atoms with E-state index >= 15 is 0 Å². The summed E-state index contributed by atoms with van der Waals surface area (Å²) < 4.78 is 0. The number of unbranched alkanes of at least 4 members (excludes halogenated alkanes) is 2. The van der Waals surface area contributed by atoms with Crippen LogP contribution in [0.2, 0.25) is 0 Å². The summed E-state index contributed by atoms with van der Waals surface area (Å²) in [4.78, 5) is 39.5. The Bertz CT molecular complexity index is 616. The van der Waals surface area contributed by atoms with Gasteiger partial charge in [-0.3, -0.25) is 19.3 Å². The van der Waals surface area contributed by atoms with E-state index in [9.17, 15) is 14.4 Å². The van der Waals surface area contributed by atoms with Crippen LogP contribution in [0.1, 0.15) is 32.1 Å². The molecule has 0 unspecified atom stereocenters. The van der Waals surface area contributed by atoms with Crippen molar-refractivity contribution in [1.82, 2.24) is 9.80 Å². The minimum Gasteiger partial charge on any atom is -0.340 e. The van der Waals surface area contributed by atoms with Crippen molar-refractivity contribution in [2.24, 2.45) is 0 Å². The molecule has 0 radical (unpaired) electrons. The SMILES string of the molecule is O=C(CS)CCCCCC(=O)N1CCN(CC(=O)Nc2ccccc2)CC1. The Hall–Kier alpha value is -1.86. The molecular formula is C20H29N3O3S. The molecule has 1 aromatic rings. The number of carbonyl (C=O) groups is 3. The lowest BCUT2D eigenvalue weighted by Gasteiger charge is -2.34. The van der Waals surface area contributed by atoms with Crippen LogP contribution in [0.5, 0.6) is 0 Å². The smallest absolute Gasteiger partial charge is 0.238 e. The number of para-hydroxylation sites is 1. The van der Waals surface area contributed by atoms with Gasteiger partial charge in [0.1, 0.15) is 5.78 Å². The van der Waals surface area contributed by atoms with E-state index in [0.29, 0.717) is 51.3 Å². The van der Waals surface area contributed by atoms with Crippen LogP contribution in [0.25, 0.3) is 0 Å². The number of amides is 2. The Morgan fingerprint density at radius 3 is 2.26 bits per heavy atom. The van der Waals surface area contributed by atoms with Gasteiger partial charge in [-0.1, -0.05) is 24.6 Å². The van der Waals surface area contributed by atoms with E-state index in [4.69, 9.17) is 0 Å². The summed E-state index contributed by atoms with van der Waals surface area (Å²) in [5.41, 5.74) is 0.799. The monoisotopic (exact) mass is 391 g/mol. The van der Waals surface area contributed by atoms with Gasteiger partial charge in [-0.05, 0) is 25.0 Å². The number of anilines is 1. The van der Waals surface area contributed by atoms with Gasteiger partial charge in [0.05, 0.1) is 6.54 Å². The Labute approximate surface area is 166 Å². The van der Waals surface area contributed by atoms with E-state index in [1.54, 1.807) is 0 Å². The molecule has 1 heterocycles. The molecule has 2 rings (SSSR count). The molecule has 0 bridgehead atoms. The zero-order valence-corrected chi connectivity index (χ0v) is 16.6. The topological polar surface area (TPSA) is 69.7 Å². The van der Waals surface area contributed by atoms with Crippen LogP contribution >= 0.6 is 12.6 Å². The molecule has 2 amide bonds. The number of hydrogen-bond donors (Lipinski definition) is 2. The molecule has 0 aliphatic carbocycles.